The number of methoxy groups -OCH3 is 1. The topological polar surface area (TPSA) is 90.1 Å². The molecule has 0 radical (unpaired) electrons. The summed E-state index contributed by atoms with van der Waals surface area (Å²) >= 11 is 5.91. The molecule has 8 heteroatoms. The third-order valence-corrected chi connectivity index (χ3v) is 3.05. The summed E-state index contributed by atoms with van der Waals surface area (Å²) in [6, 6.07) is 8.24. The lowest BCUT2D eigenvalue weighted by Gasteiger charge is -2.03. The van der Waals surface area contributed by atoms with Crippen LogP contribution in [0.4, 0.5) is 5.69 Å². The standard InChI is InChI=1S/C15H13ClN2O5/c1-21-15(20)10-6-7-22-13(10)9-23-17-8-14(19)18-12-5-3-2-4-11(12)16/h2-8H,9H2,1H3,(H,18,19)/b17-8+. The van der Waals surface area contributed by atoms with Gasteiger partial charge in [0.15, 0.2) is 12.4 Å². The van der Waals surface area contributed by atoms with Gasteiger partial charge in [0.25, 0.3) is 5.91 Å². The van der Waals surface area contributed by atoms with Crippen LogP contribution in [0.5, 0.6) is 0 Å². The molecule has 0 atom stereocenters. The molecular formula is C15H13ClN2O5. The average molecular weight is 337 g/mol. The molecule has 1 aromatic carbocycles. The highest BCUT2D eigenvalue weighted by molar-refractivity contribution is 6.36. The fraction of sp³-hybridized carbons (Fsp3) is 0.133. The Morgan fingerprint density at radius 3 is 2.87 bits per heavy atom. The van der Waals surface area contributed by atoms with Crippen molar-refractivity contribution in [2.24, 2.45) is 5.16 Å². The molecule has 0 unspecified atom stereocenters. The number of para-hydroxylation sites is 1. The van der Waals surface area contributed by atoms with Crippen LogP contribution in [0.15, 0.2) is 46.2 Å². The predicted molar refractivity (Wildman–Crippen MR) is 83.4 cm³/mol. The molecule has 120 valence electrons. The summed E-state index contributed by atoms with van der Waals surface area (Å²) in [4.78, 5) is 28.0. The molecule has 1 heterocycles. The van der Waals surface area contributed by atoms with Crippen LogP contribution in [0.2, 0.25) is 5.02 Å². The van der Waals surface area contributed by atoms with Crippen molar-refractivity contribution in [2.75, 3.05) is 12.4 Å². The third kappa shape index (κ3) is 4.58. The second-order valence-electron chi connectivity index (χ2n) is 4.23. The SMILES string of the molecule is COC(=O)c1ccoc1CO/N=C/C(=O)Nc1ccccc1Cl. The predicted octanol–water partition coefficient (Wildman–Crippen LogP) is 2.86. The molecule has 0 bridgehead atoms. The number of nitrogens with one attached hydrogen (secondary N) is 1. The van der Waals surface area contributed by atoms with Gasteiger partial charge >= 0.3 is 5.97 Å². The van der Waals surface area contributed by atoms with Crippen molar-refractivity contribution in [1.82, 2.24) is 0 Å². The van der Waals surface area contributed by atoms with E-state index < -0.39 is 11.9 Å². The zero-order valence-electron chi connectivity index (χ0n) is 12.1. The van der Waals surface area contributed by atoms with E-state index in [-0.39, 0.29) is 17.9 Å². The number of furan rings is 1. The van der Waals surface area contributed by atoms with Gasteiger partial charge in [-0.2, -0.15) is 0 Å². The second kappa shape index (κ2) is 8.00. The Kier molecular flexibility index (Phi) is 5.76. The number of benzene rings is 1. The number of carbonyl (C=O) groups is 2. The Labute approximate surface area is 136 Å². The maximum absolute atomic E-state index is 11.7. The number of oxime groups is 1. The van der Waals surface area contributed by atoms with E-state index in [4.69, 9.17) is 20.9 Å². The molecule has 2 aromatic rings. The first-order valence-electron chi connectivity index (χ1n) is 6.47. The molecule has 23 heavy (non-hydrogen) atoms. The second-order valence-corrected chi connectivity index (χ2v) is 4.63. The van der Waals surface area contributed by atoms with Gasteiger partial charge in [0.05, 0.1) is 24.1 Å². The quantitative estimate of drug-likeness (QED) is 0.497. The third-order valence-electron chi connectivity index (χ3n) is 2.72. The minimum Gasteiger partial charge on any atom is -0.465 e. The number of esters is 1. The molecular weight excluding hydrogens is 324 g/mol. The average Bonchev–Trinajstić information content (AvgIpc) is 3.01. The highest BCUT2D eigenvalue weighted by Crippen LogP contribution is 2.20. The molecule has 0 spiro atoms. The number of ether oxygens (including phenoxy) is 1. The number of hydrogen-bond donors (Lipinski definition) is 1. The highest BCUT2D eigenvalue weighted by Gasteiger charge is 2.15. The van der Waals surface area contributed by atoms with Gasteiger partial charge in [-0.25, -0.2) is 4.79 Å². The summed E-state index contributed by atoms with van der Waals surface area (Å²) in [5.41, 5.74) is 0.702. The van der Waals surface area contributed by atoms with Crippen LogP contribution in [0.3, 0.4) is 0 Å². The zero-order valence-corrected chi connectivity index (χ0v) is 12.9. The Morgan fingerprint density at radius 2 is 2.13 bits per heavy atom. The molecule has 1 N–H and O–H groups in total. The van der Waals surface area contributed by atoms with Crippen LogP contribution in [0, 0.1) is 0 Å². The molecule has 0 saturated carbocycles. The van der Waals surface area contributed by atoms with Crippen LogP contribution in [-0.2, 0) is 21.0 Å². The van der Waals surface area contributed by atoms with Crippen LogP contribution >= 0.6 is 11.6 Å². The van der Waals surface area contributed by atoms with Crippen LogP contribution in [-0.4, -0.2) is 25.2 Å². The van der Waals surface area contributed by atoms with Gasteiger partial charge in [-0.15, -0.1) is 0 Å². The molecule has 0 saturated heterocycles. The van der Waals surface area contributed by atoms with Crippen molar-refractivity contribution < 1.29 is 23.6 Å². The van der Waals surface area contributed by atoms with Gasteiger partial charge in [0.2, 0.25) is 0 Å². The van der Waals surface area contributed by atoms with Crippen molar-refractivity contribution in [3.05, 3.63) is 52.9 Å². The molecule has 0 aliphatic carbocycles. The first-order valence-corrected chi connectivity index (χ1v) is 6.85. The first-order chi connectivity index (χ1) is 11.1. The van der Waals surface area contributed by atoms with Crippen LogP contribution in [0.25, 0.3) is 0 Å². The number of halogens is 1. The van der Waals surface area contributed by atoms with Gasteiger partial charge in [-0.1, -0.05) is 28.9 Å². The largest absolute Gasteiger partial charge is 0.465 e. The lowest BCUT2D eigenvalue weighted by Crippen LogP contribution is -2.13. The number of amides is 1. The van der Waals surface area contributed by atoms with Gasteiger partial charge in [0.1, 0.15) is 11.8 Å². The molecule has 1 amide bonds. The van der Waals surface area contributed by atoms with E-state index in [0.717, 1.165) is 6.21 Å². The fourth-order valence-corrected chi connectivity index (χ4v) is 1.84. The smallest absolute Gasteiger partial charge is 0.341 e. The minimum atomic E-state index is -0.544. The highest BCUT2D eigenvalue weighted by atomic mass is 35.5. The van der Waals surface area contributed by atoms with Gasteiger partial charge < -0.3 is 19.3 Å². The van der Waals surface area contributed by atoms with Gasteiger partial charge in [-0.3, -0.25) is 4.79 Å². The summed E-state index contributed by atoms with van der Waals surface area (Å²) in [5.74, 6) is -0.802. The number of hydrogen-bond acceptors (Lipinski definition) is 6. The van der Waals surface area contributed by atoms with E-state index >= 15 is 0 Å². The number of rotatable bonds is 6. The van der Waals surface area contributed by atoms with Crippen molar-refractivity contribution in [1.29, 1.82) is 0 Å². The lowest BCUT2D eigenvalue weighted by molar-refractivity contribution is -0.110. The molecule has 0 aliphatic heterocycles. The maximum atomic E-state index is 11.7. The molecule has 7 nitrogen and oxygen atoms in total. The monoisotopic (exact) mass is 336 g/mol. The first kappa shape index (κ1) is 16.6. The summed E-state index contributed by atoms with van der Waals surface area (Å²) < 4.78 is 9.68. The van der Waals surface area contributed by atoms with Crippen molar-refractivity contribution in [3.63, 3.8) is 0 Å². The summed E-state index contributed by atoms with van der Waals surface area (Å²) in [6.07, 6.45) is 2.28. The molecule has 0 fully saturated rings. The Bertz CT molecular complexity index is 726. The van der Waals surface area contributed by atoms with Crippen LogP contribution < -0.4 is 5.32 Å². The van der Waals surface area contributed by atoms with Crippen molar-refractivity contribution >= 4 is 35.4 Å². The van der Waals surface area contributed by atoms with Gasteiger partial charge in [0, 0.05) is 0 Å². The van der Waals surface area contributed by atoms with Crippen molar-refractivity contribution in [3.8, 4) is 0 Å². The molecule has 0 aliphatic rings. The van der Waals surface area contributed by atoms with E-state index in [1.165, 1.54) is 19.4 Å². The van der Waals surface area contributed by atoms with Gasteiger partial charge in [-0.05, 0) is 18.2 Å². The zero-order chi connectivity index (χ0) is 16.7. The fourth-order valence-electron chi connectivity index (χ4n) is 1.65. The Balaban J connectivity index is 1.85. The van der Waals surface area contributed by atoms with E-state index in [9.17, 15) is 9.59 Å². The number of nitrogens with zero attached hydrogens (tertiary/aromatic N) is 1. The number of carbonyl (C=O) groups excluding carboxylic acids is 2. The Hall–Kier alpha value is -2.80. The normalized spacial score (nSPS) is 10.5. The van der Waals surface area contributed by atoms with Crippen molar-refractivity contribution in [2.45, 2.75) is 6.61 Å². The Morgan fingerprint density at radius 1 is 1.35 bits per heavy atom. The number of anilines is 1. The van der Waals surface area contributed by atoms with E-state index in [0.29, 0.717) is 10.7 Å². The lowest BCUT2D eigenvalue weighted by atomic mass is 10.2. The van der Waals surface area contributed by atoms with Crippen LogP contribution in [0.1, 0.15) is 16.1 Å². The molecule has 1 aromatic heterocycles. The molecule has 2 rings (SSSR count). The minimum absolute atomic E-state index is 0.118. The van der Waals surface area contributed by atoms with E-state index in [1.807, 2.05) is 0 Å². The summed E-state index contributed by atoms with van der Waals surface area (Å²) in [6.45, 7) is -0.118. The van der Waals surface area contributed by atoms with E-state index in [1.54, 1.807) is 24.3 Å². The summed E-state index contributed by atoms with van der Waals surface area (Å²) in [7, 11) is 1.26. The summed E-state index contributed by atoms with van der Waals surface area (Å²) in [5, 5.41) is 6.46. The van der Waals surface area contributed by atoms with E-state index in [2.05, 4.69) is 15.2 Å². The maximum Gasteiger partial charge on any atom is 0.341 e.